The van der Waals surface area contributed by atoms with Gasteiger partial charge in [0.1, 0.15) is 0 Å². The second-order valence-electron chi connectivity index (χ2n) is 3.49. The van der Waals surface area contributed by atoms with Gasteiger partial charge >= 0.3 is 0 Å². The fourth-order valence-electron chi connectivity index (χ4n) is 1.38. The Balaban J connectivity index is 2.02. The maximum Gasteiger partial charge on any atom is 0.0549 e. The predicted octanol–water partition coefficient (Wildman–Crippen LogP) is 5.08. The van der Waals surface area contributed by atoms with Crippen molar-refractivity contribution in [2.45, 2.75) is 13.5 Å². The molecule has 2 aromatic rings. The predicted molar refractivity (Wildman–Crippen MR) is 75.5 cm³/mol. The molecule has 0 saturated carbocycles. The fourth-order valence-corrected chi connectivity index (χ4v) is 2.70. The van der Waals surface area contributed by atoms with Crippen molar-refractivity contribution in [2.75, 3.05) is 5.32 Å². The van der Waals surface area contributed by atoms with Crippen LogP contribution in [0.5, 0.6) is 0 Å². The second kappa shape index (κ2) is 5.21. The average molecular weight is 317 g/mol. The maximum absolute atomic E-state index is 5.93. The highest BCUT2D eigenvalue weighted by molar-refractivity contribution is 9.10. The van der Waals surface area contributed by atoms with Crippen molar-refractivity contribution in [3.05, 3.63) is 49.6 Å². The molecule has 1 aromatic carbocycles. The average Bonchev–Trinajstić information content (AvgIpc) is 2.66. The van der Waals surface area contributed by atoms with Crippen LogP contribution in [0.25, 0.3) is 0 Å². The molecule has 1 heterocycles. The van der Waals surface area contributed by atoms with Crippen LogP contribution in [-0.2, 0) is 6.54 Å². The Kier molecular flexibility index (Phi) is 3.90. The molecular weight excluding hydrogens is 306 g/mol. The molecule has 0 aliphatic carbocycles. The summed E-state index contributed by atoms with van der Waals surface area (Å²) in [6, 6.07) is 10.1. The first kappa shape index (κ1) is 12.0. The van der Waals surface area contributed by atoms with Crippen LogP contribution in [0, 0.1) is 6.92 Å². The molecule has 0 saturated heterocycles. The van der Waals surface area contributed by atoms with Crippen LogP contribution in [0.4, 0.5) is 5.69 Å². The van der Waals surface area contributed by atoms with Gasteiger partial charge in [0.25, 0.3) is 0 Å². The zero-order chi connectivity index (χ0) is 11.5. The lowest BCUT2D eigenvalue weighted by atomic mass is 10.3. The minimum atomic E-state index is 0.734. The van der Waals surface area contributed by atoms with Gasteiger partial charge in [-0.05, 0) is 53.2 Å². The van der Waals surface area contributed by atoms with Crippen LogP contribution < -0.4 is 5.32 Å². The molecule has 0 radical (unpaired) electrons. The van der Waals surface area contributed by atoms with Gasteiger partial charge in [-0.3, -0.25) is 0 Å². The topological polar surface area (TPSA) is 12.0 Å². The molecule has 0 spiro atoms. The number of hydrogen-bond acceptors (Lipinski definition) is 2. The molecular formula is C12H11BrClNS. The first-order valence-corrected chi connectivity index (χ1v) is 6.88. The van der Waals surface area contributed by atoms with Crippen LogP contribution in [0.2, 0.25) is 5.02 Å². The Morgan fingerprint density at radius 1 is 1.31 bits per heavy atom. The van der Waals surface area contributed by atoms with E-state index in [9.17, 15) is 0 Å². The van der Waals surface area contributed by atoms with Crippen molar-refractivity contribution in [1.29, 1.82) is 0 Å². The molecule has 16 heavy (non-hydrogen) atoms. The van der Waals surface area contributed by atoms with Gasteiger partial charge in [-0.1, -0.05) is 11.6 Å². The molecule has 0 aliphatic heterocycles. The number of thiophene rings is 1. The normalized spacial score (nSPS) is 10.4. The third-order valence-electron chi connectivity index (χ3n) is 2.18. The Hall–Kier alpha value is -0.510. The molecule has 1 N–H and O–H groups in total. The van der Waals surface area contributed by atoms with Crippen molar-refractivity contribution >= 4 is 44.6 Å². The molecule has 4 heteroatoms. The van der Waals surface area contributed by atoms with Crippen LogP contribution in [-0.4, -0.2) is 0 Å². The van der Waals surface area contributed by atoms with Gasteiger partial charge in [0, 0.05) is 26.5 Å². The molecule has 0 atom stereocenters. The first-order valence-electron chi connectivity index (χ1n) is 4.89. The van der Waals surface area contributed by atoms with Crippen LogP contribution in [0.3, 0.4) is 0 Å². The van der Waals surface area contributed by atoms with Crippen LogP contribution >= 0.6 is 38.9 Å². The lowest BCUT2D eigenvalue weighted by molar-refractivity contribution is 1.19. The van der Waals surface area contributed by atoms with E-state index in [1.54, 1.807) is 0 Å². The quantitative estimate of drug-likeness (QED) is 0.832. The number of hydrogen-bond donors (Lipinski definition) is 1. The van der Waals surface area contributed by atoms with Crippen molar-refractivity contribution in [1.82, 2.24) is 0 Å². The van der Waals surface area contributed by atoms with Crippen LogP contribution in [0.1, 0.15) is 9.75 Å². The number of aryl methyl sites for hydroxylation is 1. The Labute approximate surface area is 113 Å². The smallest absolute Gasteiger partial charge is 0.0549 e. The fraction of sp³-hybridized carbons (Fsp3) is 0.167. The minimum absolute atomic E-state index is 0.734. The van der Waals surface area contributed by atoms with Gasteiger partial charge in [0.05, 0.1) is 5.02 Å². The highest BCUT2D eigenvalue weighted by atomic mass is 79.9. The molecule has 0 aliphatic rings. The summed E-state index contributed by atoms with van der Waals surface area (Å²) in [5, 5.41) is 4.10. The van der Waals surface area contributed by atoms with E-state index in [0.29, 0.717) is 0 Å². The third kappa shape index (κ3) is 3.00. The van der Waals surface area contributed by atoms with Gasteiger partial charge < -0.3 is 5.32 Å². The van der Waals surface area contributed by atoms with E-state index >= 15 is 0 Å². The molecule has 0 unspecified atom stereocenters. The van der Waals surface area contributed by atoms with Crippen molar-refractivity contribution in [2.24, 2.45) is 0 Å². The van der Waals surface area contributed by atoms with E-state index in [1.807, 2.05) is 29.5 Å². The molecule has 2 rings (SSSR count). The summed E-state index contributed by atoms with van der Waals surface area (Å²) in [7, 11) is 0. The highest BCUT2D eigenvalue weighted by Gasteiger charge is 2.00. The number of anilines is 1. The summed E-state index contributed by atoms with van der Waals surface area (Å²) < 4.78 is 0.918. The lowest BCUT2D eigenvalue weighted by Gasteiger charge is -2.05. The summed E-state index contributed by atoms with van der Waals surface area (Å²) >= 11 is 11.1. The van der Waals surface area contributed by atoms with Crippen molar-refractivity contribution in [3.8, 4) is 0 Å². The van der Waals surface area contributed by atoms with Gasteiger partial charge in [-0.25, -0.2) is 0 Å². The van der Waals surface area contributed by atoms with E-state index in [0.717, 1.165) is 21.7 Å². The number of rotatable bonds is 3. The minimum Gasteiger partial charge on any atom is -0.380 e. The highest BCUT2D eigenvalue weighted by Crippen LogP contribution is 2.26. The largest absolute Gasteiger partial charge is 0.380 e. The zero-order valence-electron chi connectivity index (χ0n) is 8.76. The summed E-state index contributed by atoms with van der Waals surface area (Å²) in [5.74, 6) is 0. The molecule has 0 bridgehead atoms. The summed E-state index contributed by atoms with van der Waals surface area (Å²) in [4.78, 5) is 2.68. The molecule has 0 fully saturated rings. The molecule has 1 nitrogen and oxygen atoms in total. The second-order valence-corrected chi connectivity index (χ2v) is 6.13. The SMILES string of the molecule is Cc1ccc(CNc2ccc(Cl)c(Br)c2)s1. The van der Waals surface area contributed by atoms with Gasteiger partial charge in [-0.15, -0.1) is 11.3 Å². The lowest BCUT2D eigenvalue weighted by Crippen LogP contribution is -1.96. The first-order chi connectivity index (χ1) is 7.65. The molecule has 84 valence electrons. The molecule has 0 amide bonds. The summed E-state index contributed by atoms with van der Waals surface area (Å²) in [6.07, 6.45) is 0. The van der Waals surface area contributed by atoms with E-state index < -0.39 is 0 Å². The van der Waals surface area contributed by atoms with Crippen LogP contribution in [0.15, 0.2) is 34.8 Å². The van der Waals surface area contributed by atoms with E-state index in [1.165, 1.54) is 9.75 Å². The number of benzene rings is 1. The number of halogens is 2. The maximum atomic E-state index is 5.93. The third-order valence-corrected chi connectivity index (χ3v) is 4.40. The van der Waals surface area contributed by atoms with Crippen molar-refractivity contribution < 1.29 is 0 Å². The van der Waals surface area contributed by atoms with E-state index in [4.69, 9.17) is 11.6 Å². The van der Waals surface area contributed by atoms with Gasteiger partial charge in [0.15, 0.2) is 0 Å². The van der Waals surface area contributed by atoms with Gasteiger partial charge in [0.2, 0.25) is 0 Å². The standard InChI is InChI=1S/C12H11BrClNS/c1-8-2-4-10(16-8)7-15-9-3-5-12(14)11(13)6-9/h2-6,15H,7H2,1H3. The van der Waals surface area contributed by atoms with Gasteiger partial charge in [-0.2, -0.15) is 0 Å². The van der Waals surface area contributed by atoms with E-state index in [-0.39, 0.29) is 0 Å². The van der Waals surface area contributed by atoms with E-state index in [2.05, 4.69) is 40.3 Å². The molecule has 1 aromatic heterocycles. The number of nitrogens with one attached hydrogen (secondary N) is 1. The Morgan fingerprint density at radius 3 is 2.75 bits per heavy atom. The Bertz CT molecular complexity index is 496. The summed E-state index contributed by atoms with van der Waals surface area (Å²) in [6.45, 7) is 2.97. The Morgan fingerprint density at radius 2 is 2.12 bits per heavy atom. The zero-order valence-corrected chi connectivity index (χ0v) is 11.9. The summed E-state index contributed by atoms with van der Waals surface area (Å²) in [5.41, 5.74) is 1.07. The monoisotopic (exact) mass is 315 g/mol. The van der Waals surface area contributed by atoms with Crippen molar-refractivity contribution in [3.63, 3.8) is 0 Å².